The molecular weight excluding hydrogens is 327 g/mol. The summed E-state index contributed by atoms with van der Waals surface area (Å²) in [5.74, 6) is 0. The van der Waals surface area contributed by atoms with Crippen molar-refractivity contribution in [2.24, 2.45) is 0 Å². The molecule has 0 fully saturated rings. The average Bonchev–Trinajstić information content (AvgIpc) is 1.41. The molecule has 0 aliphatic heterocycles. The molecule has 0 aromatic heterocycles. The zero-order valence-electron chi connectivity index (χ0n) is 8.35. The van der Waals surface area contributed by atoms with E-state index in [4.69, 9.17) is 38.9 Å². The van der Waals surface area contributed by atoms with Gasteiger partial charge < -0.3 is 13.7 Å². The summed E-state index contributed by atoms with van der Waals surface area (Å²) in [4.78, 5) is 0. The maximum Gasteiger partial charge on any atom is 3.00 e. The van der Waals surface area contributed by atoms with Crippen LogP contribution in [0, 0.1) is 0 Å². The van der Waals surface area contributed by atoms with Crippen LogP contribution in [-0.2, 0) is 48.9 Å². The molecule has 0 aromatic carbocycles. The second-order valence-corrected chi connectivity index (χ2v) is 6.34. The molecule has 0 bridgehead atoms. The minimum absolute atomic E-state index is 0. The number of hydrogen-bond donors (Lipinski definition) is 0. The van der Waals surface area contributed by atoms with Gasteiger partial charge in [0.05, 0.1) is 30.4 Å². The van der Waals surface area contributed by atoms with E-state index in [0.29, 0.717) is 18.8 Å². The largest absolute Gasteiger partial charge is 3.00 e. The minimum Gasteiger partial charge on any atom is -0.748 e. The van der Waals surface area contributed by atoms with Gasteiger partial charge in [-0.3, -0.25) is 0 Å². The monoisotopic (exact) mass is 336 g/mol. The molecule has 16 heavy (non-hydrogen) atoms. The fourth-order valence-corrected chi connectivity index (χ4v) is 0. The maximum atomic E-state index is 9.08. The van der Waals surface area contributed by atoms with Crippen molar-refractivity contribution in [2.75, 3.05) is 18.8 Å². The standard InChI is InChI=1S/3CH4O3S.V/c3*1-5(2,3)4;/h3*1H3,(H,2,3,4);/q;;;+3/p-3. The van der Waals surface area contributed by atoms with E-state index in [2.05, 4.69) is 0 Å². The van der Waals surface area contributed by atoms with Crippen LogP contribution in [0.5, 0.6) is 0 Å². The van der Waals surface area contributed by atoms with Crippen molar-refractivity contribution < 1.29 is 57.5 Å². The number of rotatable bonds is 0. The molecule has 98 valence electrons. The zero-order chi connectivity index (χ0) is 13.5. The van der Waals surface area contributed by atoms with Gasteiger partial charge in [0.15, 0.2) is 0 Å². The van der Waals surface area contributed by atoms with Crippen molar-refractivity contribution >= 4 is 30.4 Å². The van der Waals surface area contributed by atoms with E-state index in [1.807, 2.05) is 0 Å². The van der Waals surface area contributed by atoms with Gasteiger partial charge in [0.2, 0.25) is 0 Å². The Morgan fingerprint density at radius 3 is 0.562 bits per heavy atom. The van der Waals surface area contributed by atoms with E-state index >= 15 is 0 Å². The Morgan fingerprint density at radius 2 is 0.562 bits per heavy atom. The third kappa shape index (κ3) is 25700. The van der Waals surface area contributed by atoms with Gasteiger partial charge in [-0.15, -0.1) is 0 Å². The molecule has 0 radical (unpaired) electrons. The Bertz CT molecular complexity index is 347. The van der Waals surface area contributed by atoms with Gasteiger partial charge >= 0.3 is 18.6 Å². The smallest absolute Gasteiger partial charge is 0.748 e. The topological polar surface area (TPSA) is 172 Å². The van der Waals surface area contributed by atoms with Crippen LogP contribution in [0.25, 0.3) is 0 Å². The van der Waals surface area contributed by atoms with Crippen molar-refractivity contribution in [3.63, 3.8) is 0 Å². The predicted octanol–water partition coefficient (Wildman–Crippen LogP) is -2.52. The fourth-order valence-electron chi connectivity index (χ4n) is 0. The molecule has 9 nitrogen and oxygen atoms in total. The van der Waals surface area contributed by atoms with Crippen LogP contribution < -0.4 is 0 Å². The Morgan fingerprint density at radius 1 is 0.562 bits per heavy atom. The normalized spacial score (nSPS) is 10.9. The molecule has 0 amide bonds. The van der Waals surface area contributed by atoms with Crippen LogP contribution in [0.3, 0.4) is 0 Å². The molecule has 0 aromatic rings. The fraction of sp³-hybridized carbons (Fsp3) is 1.00. The van der Waals surface area contributed by atoms with E-state index < -0.39 is 30.4 Å². The van der Waals surface area contributed by atoms with Crippen molar-refractivity contribution in [1.82, 2.24) is 0 Å². The van der Waals surface area contributed by atoms with Gasteiger partial charge in [-0.1, -0.05) is 0 Å². The van der Waals surface area contributed by atoms with Crippen LogP contribution in [0.1, 0.15) is 0 Å². The summed E-state index contributed by atoms with van der Waals surface area (Å²) in [5, 5.41) is 0. The van der Waals surface area contributed by atoms with Crippen LogP contribution in [0.2, 0.25) is 0 Å². The van der Waals surface area contributed by atoms with E-state index in [0.717, 1.165) is 0 Å². The molecule has 0 N–H and O–H groups in total. The first kappa shape index (κ1) is 25.2. The van der Waals surface area contributed by atoms with Gasteiger partial charge in [-0.25, -0.2) is 25.3 Å². The van der Waals surface area contributed by atoms with Crippen LogP contribution >= 0.6 is 0 Å². The maximum absolute atomic E-state index is 9.08. The Balaban J connectivity index is -0.0000000655. The average molecular weight is 336 g/mol. The first-order chi connectivity index (χ1) is 6.00. The predicted molar refractivity (Wildman–Crippen MR) is 46.9 cm³/mol. The van der Waals surface area contributed by atoms with Gasteiger partial charge in [-0.2, -0.15) is 0 Å². The number of hydrogen-bond acceptors (Lipinski definition) is 9. The SMILES string of the molecule is CS(=O)(=O)[O-].CS(=O)(=O)[O-].CS(=O)(=O)[O-].[V+3]. The molecule has 0 spiro atoms. The molecule has 0 saturated carbocycles. The van der Waals surface area contributed by atoms with Gasteiger partial charge in [0.25, 0.3) is 0 Å². The molecule has 0 atom stereocenters. The summed E-state index contributed by atoms with van der Waals surface area (Å²) in [6.07, 6.45) is 1.81. The van der Waals surface area contributed by atoms with E-state index in [1.165, 1.54) is 0 Å². The molecule has 13 heteroatoms. The van der Waals surface area contributed by atoms with Gasteiger partial charge in [-0.05, 0) is 0 Å². The van der Waals surface area contributed by atoms with Crippen molar-refractivity contribution in [2.45, 2.75) is 0 Å². The van der Waals surface area contributed by atoms with Crippen molar-refractivity contribution in [3.8, 4) is 0 Å². The zero-order valence-corrected chi connectivity index (χ0v) is 12.2. The Hall–Kier alpha value is 0.314. The Labute approximate surface area is 106 Å². The molecule has 0 aliphatic rings. The van der Waals surface area contributed by atoms with Gasteiger partial charge in [0.1, 0.15) is 0 Å². The van der Waals surface area contributed by atoms with E-state index in [-0.39, 0.29) is 18.6 Å². The molecular formula is C3H9O9S3V. The first-order valence-corrected chi connectivity index (χ1v) is 8.17. The third-order valence-electron chi connectivity index (χ3n) is 0. The third-order valence-corrected chi connectivity index (χ3v) is 0. The van der Waals surface area contributed by atoms with Crippen LogP contribution in [0.15, 0.2) is 0 Å². The minimum atomic E-state index is -3.92. The van der Waals surface area contributed by atoms with Gasteiger partial charge in [0, 0.05) is 18.8 Å². The van der Waals surface area contributed by atoms with Crippen LogP contribution in [0.4, 0.5) is 0 Å². The van der Waals surface area contributed by atoms with Crippen molar-refractivity contribution in [1.29, 1.82) is 0 Å². The second-order valence-electron chi connectivity index (χ2n) is 2.11. The summed E-state index contributed by atoms with van der Waals surface area (Å²) in [6.45, 7) is 0. The van der Waals surface area contributed by atoms with E-state index in [9.17, 15) is 0 Å². The summed E-state index contributed by atoms with van der Waals surface area (Å²) >= 11 is 0. The van der Waals surface area contributed by atoms with Crippen molar-refractivity contribution in [3.05, 3.63) is 0 Å². The second kappa shape index (κ2) is 9.36. The molecule has 0 rings (SSSR count). The first-order valence-electron chi connectivity index (χ1n) is 2.72. The molecule has 0 unspecified atom stereocenters. The summed E-state index contributed by atoms with van der Waals surface area (Å²) < 4.78 is 81.7. The Kier molecular flexibility index (Phi) is 14.8. The van der Waals surface area contributed by atoms with E-state index in [1.54, 1.807) is 0 Å². The molecule has 0 aliphatic carbocycles. The summed E-state index contributed by atoms with van der Waals surface area (Å²) in [6, 6.07) is 0. The summed E-state index contributed by atoms with van der Waals surface area (Å²) in [7, 11) is -11.8. The molecule has 0 saturated heterocycles. The quantitative estimate of drug-likeness (QED) is 0.433. The molecule has 0 heterocycles. The van der Waals surface area contributed by atoms with Crippen LogP contribution in [-0.4, -0.2) is 57.7 Å². The summed E-state index contributed by atoms with van der Waals surface area (Å²) in [5.41, 5.74) is 0.